The highest BCUT2D eigenvalue weighted by Crippen LogP contribution is 2.38. The zero-order chi connectivity index (χ0) is 22.6. The van der Waals surface area contributed by atoms with Crippen LogP contribution < -0.4 is 10.6 Å². The number of fused-ring (bicyclic) bond motifs is 2. The van der Waals surface area contributed by atoms with Crippen LogP contribution in [0.5, 0.6) is 0 Å². The van der Waals surface area contributed by atoms with Crippen LogP contribution in [0.2, 0.25) is 0 Å². The number of aryl methyl sites for hydroxylation is 1. The Morgan fingerprint density at radius 3 is 2.91 bits per heavy atom. The molecule has 2 fully saturated rings. The number of anilines is 2. The third kappa shape index (κ3) is 4.93. The lowest BCUT2D eigenvalue weighted by Gasteiger charge is -2.42. The number of piperidine rings is 2. The summed E-state index contributed by atoms with van der Waals surface area (Å²) in [5.41, 5.74) is 5.47. The number of hydrogen-bond acceptors (Lipinski definition) is 2. The number of H-pyrrole nitrogens is 1. The van der Waals surface area contributed by atoms with E-state index < -0.39 is 0 Å². The lowest BCUT2D eigenvalue weighted by molar-refractivity contribution is 0.0977. The van der Waals surface area contributed by atoms with E-state index in [0.29, 0.717) is 5.92 Å². The van der Waals surface area contributed by atoms with Gasteiger partial charge in [-0.1, -0.05) is 38.0 Å². The molecule has 2 saturated heterocycles. The Bertz CT molecular complexity index is 1100. The number of rotatable bonds is 6. The Hall–Kier alpha value is -2.79. The van der Waals surface area contributed by atoms with E-state index in [1.165, 1.54) is 61.7 Å². The third-order valence-electron chi connectivity index (χ3n) is 7.55. The molecule has 0 aliphatic carbocycles. The molecule has 0 bridgehead atoms. The summed E-state index contributed by atoms with van der Waals surface area (Å²) >= 11 is 0. The third-order valence-corrected chi connectivity index (χ3v) is 7.55. The van der Waals surface area contributed by atoms with Crippen molar-refractivity contribution < 1.29 is 4.79 Å². The molecule has 2 atom stereocenters. The first kappa shape index (κ1) is 22.0. The van der Waals surface area contributed by atoms with Crippen LogP contribution in [0.25, 0.3) is 10.9 Å². The van der Waals surface area contributed by atoms with Gasteiger partial charge in [0, 0.05) is 34.5 Å². The van der Waals surface area contributed by atoms with Crippen molar-refractivity contribution in [3.8, 4) is 0 Å². The minimum absolute atomic E-state index is 0.189. The number of para-hydroxylation sites is 1. The van der Waals surface area contributed by atoms with Crippen LogP contribution in [0.15, 0.2) is 48.7 Å². The Morgan fingerprint density at radius 1 is 1.09 bits per heavy atom. The van der Waals surface area contributed by atoms with Crippen molar-refractivity contribution in [2.75, 3.05) is 23.7 Å². The lowest BCUT2D eigenvalue weighted by atomic mass is 9.82. The van der Waals surface area contributed by atoms with E-state index in [0.717, 1.165) is 42.2 Å². The lowest BCUT2D eigenvalue weighted by Crippen LogP contribution is -2.44. The number of carbonyl (C=O) groups excluding carboxylic acids is 1. The number of nitrogens with zero attached hydrogens (tertiary/aromatic N) is 1. The molecule has 0 saturated carbocycles. The van der Waals surface area contributed by atoms with Crippen LogP contribution in [0.3, 0.4) is 0 Å². The van der Waals surface area contributed by atoms with Crippen LogP contribution in [0.4, 0.5) is 16.2 Å². The van der Waals surface area contributed by atoms with Gasteiger partial charge in [-0.15, -0.1) is 0 Å². The molecule has 174 valence electrons. The van der Waals surface area contributed by atoms with Gasteiger partial charge >= 0.3 is 6.03 Å². The summed E-state index contributed by atoms with van der Waals surface area (Å²) < 4.78 is 0. The predicted molar refractivity (Wildman–Crippen MR) is 137 cm³/mol. The number of aromatic amines is 1. The van der Waals surface area contributed by atoms with Gasteiger partial charge in [-0.05, 0) is 92.9 Å². The molecule has 3 aromatic rings. The van der Waals surface area contributed by atoms with Gasteiger partial charge in [0.2, 0.25) is 0 Å². The quantitative estimate of drug-likeness (QED) is 0.388. The van der Waals surface area contributed by atoms with Crippen molar-refractivity contribution in [3.05, 3.63) is 59.8 Å². The molecule has 2 amide bonds. The highest BCUT2D eigenvalue weighted by Gasteiger charge is 2.31. The van der Waals surface area contributed by atoms with Crippen molar-refractivity contribution >= 4 is 28.3 Å². The number of hydrogen-bond donors (Lipinski definition) is 3. The Labute approximate surface area is 196 Å². The maximum Gasteiger partial charge on any atom is 0.323 e. The fourth-order valence-corrected chi connectivity index (χ4v) is 5.74. The topological polar surface area (TPSA) is 60.2 Å². The molecule has 2 unspecified atom stereocenters. The van der Waals surface area contributed by atoms with Gasteiger partial charge < -0.3 is 20.5 Å². The fourth-order valence-electron chi connectivity index (χ4n) is 5.74. The van der Waals surface area contributed by atoms with E-state index in [1.54, 1.807) is 0 Å². The molecule has 3 N–H and O–H groups in total. The predicted octanol–water partition coefficient (Wildman–Crippen LogP) is 6.89. The van der Waals surface area contributed by atoms with Gasteiger partial charge in [0.05, 0.1) is 0 Å². The summed E-state index contributed by atoms with van der Waals surface area (Å²) in [6, 6.07) is 14.8. The van der Waals surface area contributed by atoms with E-state index >= 15 is 0 Å². The van der Waals surface area contributed by atoms with E-state index in [4.69, 9.17) is 0 Å². The summed E-state index contributed by atoms with van der Waals surface area (Å²) in [6.45, 7) is 4.67. The molecule has 33 heavy (non-hydrogen) atoms. The molecule has 2 aliphatic heterocycles. The smallest absolute Gasteiger partial charge is 0.323 e. The SMILES string of the molecule is CCCCc1ccccc1NC(=O)Nc1ccc2[nH]cc(C3CCN4CCCCC4C3)c2c1. The minimum Gasteiger partial charge on any atom is -0.361 e. The Balaban J connectivity index is 1.29. The van der Waals surface area contributed by atoms with Crippen LogP contribution in [0, 0.1) is 0 Å². The largest absolute Gasteiger partial charge is 0.361 e. The van der Waals surface area contributed by atoms with Crippen molar-refractivity contribution in [1.29, 1.82) is 0 Å². The zero-order valence-corrected chi connectivity index (χ0v) is 19.7. The molecular weight excluding hydrogens is 408 g/mol. The number of nitrogens with one attached hydrogen (secondary N) is 3. The summed E-state index contributed by atoms with van der Waals surface area (Å²) in [4.78, 5) is 19.0. The second-order valence-corrected chi connectivity index (χ2v) is 9.75. The molecule has 3 heterocycles. The number of aromatic nitrogens is 1. The van der Waals surface area contributed by atoms with Crippen LogP contribution in [-0.2, 0) is 6.42 Å². The molecule has 0 radical (unpaired) electrons. The maximum absolute atomic E-state index is 12.8. The first-order valence-electron chi connectivity index (χ1n) is 12.7. The molecule has 5 rings (SSSR count). The Morgan fingerprint density at radius 2 is 2.00 bits per heavy atom. The summed E-state index contributed by atoms with van der Waals surface area (Å²) in [5, 5.41) is 7.36. The van der Waals surface area contributed by atoms with Gasteiger partial charge in [0.15, 0.2) is 0 Å². The molecule has 2 aliphatic rings. The number of benzene rings is 2. The van der Waals surface area contributed by atoms with Crippen molar-refractivity contribution in [2.45, 2.75) is 70.3 Å². The van der Waals surface area contributed by atoms with Crippen molar-refractivity contribution in [1.82, 2.24) is 9.88 Å². The highest BCUT2D eigenvalue weighted by atomic mass is 16.2. The van der Waals surface area contributed by atoms with Gasteiger partial charge in [0.1, 0.15) is 0 Å². The average molecular weight is 445 g/mol. The van der Waals surface area contributed by atoms with E-state index in [-0.39, 0.29) is 6.03 Å². The molecular formula is C28H36N4O. The number of urea groups is 1. The second-order valence-electron chi connectivity index (χ2n) is 9.75. The minimum atomic E-state index is -0.189. The van der Waals surface area contributed by atoms with E-state index in [1.807, 2.05) is 24.3 Å². The number of carbonyl (C=O) groups is 1. The second kappa shape index (κ2) is 10.0. The molecule has 0 spiro atoms. The van der Waals surface area contributed by atoms with E-state index in [9.17, 15) is 4.79 Å². The highest BCUT2D eigenvalue weighted by molar-refractivity contribution is 6.01. The van der Waals surface area contributed by atoms with Gasteiger partial charge in [-0.3, -0.25) is 0 Å². The summed E-state index contributed by atoms with van der Waals surface area (Å²) in [7, 11) is 0. The summed E-state index contributed by atoms with van der Waals surface area (Å²) in [5.74, 6) is 0.590. The molecule has 5 nitrogen and oxygen atoms in total. The van der Waals surface area contributed by atoms with Crippen LogP contribution in [-0.4, -0.2) is 35.0 Å². The first-order chi connectivity index (χ1) is 16.2. The fraction of sp³-hybridized carbons (Fsp3) is 0.464. The normalized spacial score (nSPS) is 21.0. The first-order valence-corrected chi connectivity index (χ1v) is 12.7. The van der Waals surface area contributed by atoms with Crippen molar-refractivity contribution in [3.63, 3.8) is 0 Å². The monoisotopic (exact) mass is 444 g/mol. The average Bonchev–Trinajstić information content (AvgIpc) is 3.26. The summed E-state index contributed by atoms with van der Waals surface area (Å²) in [6.07, 6.45) is 12.0. The Kier molecular flexibility index (Phi) is 6.68. The number of unbranched alkanes of at least 4 members (excludes halogenated alkanes) is 1. The molecule has 5 heteroatoms. The van der Waals surface area contributed by atoms with Gasteiger partial charge in [-0.2, -0.15) is 0 Å². The maximum atomic E-state index is 12.8. The van der Waals surface area contributed by atoms with Gasteiger partial charge in [-0.25, -0.2) is 4.79 Å². The van der Waals surface area contributed by atoms with E-state index in [2.05, 4.69) is 51.8 Å². The van der Waals surface area contributed by atoms with Crippen molar-refractivity contribution in [2.24, 2.45) is 0 Å². The van der Waals surface area contributed by atoms with Crippen LogP contribution >= 0.6 is 0 Å². The molecule has 2 aromatic carbocycles. The molecule has 1 aromatic heterocycles. The number of amides is 2. The standard InChI is InChI=1S/C28H36N4O/c1-2-3-8-20-9-4-5-11-26(20)31-28(33)30-22-12-13-27-24(18-22)25(19-29-27)21-14-16-32-15-7-6-10-23(32)17-21/h4-5,9,11-13,18-19,21,23,29H,2-3,6-8,10,14-17H2,1H3,(H2,30,31,33). The zero-order valence-electron chi connectivity index (χ0n) is 19.7. The van der Waals surface area contributed by atoms with Crippen LogP contribution in [0.1, 0.15) is 68.9 Å². The van der Waals surface area contributed by atoms with Gasteiger partial charge in [0.25, 0.3) is 0 Å².